The maximum absolute atomic E-state index is 12.8. The van der Waals surface area contributed by atoms with Crippen molar-refractivity contribution in [3.05, 3.63) is 59.7 Å². The number of hydrogen-bond acceptors (Lipinski definition) is 4. The number of carbonyl (C=O) groups is 3. The highest BCUT2D eigenvalue weighted by atomic mass is 16.5. The number of alkyl carbamates (subject to hydrolysis) is 1. The molecule has 2 aliphatic heterocycles. The van der Waals surface area contributed by atoms with E-state index in [0.717, 1.165) is 12.8 Å². The fourth-order valence-corrected chi connectivity index (χ4v) is 6.09. The molecule has 2 N–H and O–H groups in total. The third-order valence-electron chi connectivity index (χ3n) is 8.02. The molecule has 0 aromatic heterocycles. The fourth-order valence-electron chi connectivity index (χ4n) is 6.09. The van der Waals surface area contributed by atoms with E-state index in [9.17, 15) is 19.5 Å². The summed E-state index contributed by atoms with van der Waals surface area (Å²) >= 11 is 0. The number of hydrogen-bond donors (Lipinski definition) is 2. The van der Waals surface area contributed by atoms with E-state index in [1.165, 1.54) is 22.3 Å². The van der Waals surface area contributed by atoms with Crippen LogP contribution in [0.15, 0.2) is 48.5 Å². The first-order valence-electron chi connectivity index (χ1n) is 12.6. The van der Waals surface area contributed by atoms with E-state index in [1.807, 2.05) is 24.3 Å². The first-order chi connectivity index (χ1) is 17.0. The molecule has 2 bridgehead atoms. The average Bonchev–Trinajstić information content (AvgIpc) is 3.21. The highest BCUT2D eigenvalue weighted by Gasteiger charge is 2.53. The minimum Gasteiger partial charge on any atom is -0.479 e. The SMILES string of the molecule is O=C(NCCCCC(=O)N1CC2CCC1(C(=O)O)CC2)OCC1c2ccccc2-c2ccccc21. The molecule has 0 atom stereocenters. The zero-order valence-corrected chi connectivity index (χ0v) is 19.9. The summed E-state index contributed by atoms with van der Waals surface area (Å²) in [6.07, 6.45) is 3.96. The Hall–Kier alpha value is -3.35. The van der Waals surface area contributed by atoms with Gasteiger partial charge in [-0.3, -0.25) is 4.79 Å². The van der Waals surface area contributed by atoms with Gasteiger partial charge in [0.25, 0.3) is 0 Å². The van der Waals surface area contributed by atoms with Crippen molar-refractivity contribution in [1.29, 1.82) is 0 Å². The summed E-state index contributed by atoms with van der Waals surface area (Å²) in [5.74, 6) is -0.513. The molecule has 2 aromatic rings. The van der Waals surface area contributed by atoms with Gasteiger partial charge in [-0.15, -0.1) is 0 Å². The van der Waals surface area contributed by atoms with E-state index in [4.69, 9.17) is 4.74 Å². The molecule has 4 aliphatic rings. The second-order valence-corrected chi connectivity index (χ2v) is 9.99. The van der Waals surface area contributed by atoms with E-state index in [-0.39, 0.29) is 18.4 Å². The van der Waals surface area contributed by atoms with Crippen molar-refractivity contribution in [3.63, 3.8) is 0 Å². The molecule has 1 saturated carbocycles. The standard InChI is InChI=1S/C28H32N2O5/c31-25(30-17-19-12-14-28(30,15-13-19)26(32)33)11-5-6-16-29-27(34)35-18-24-22-9-3-1-7-20(22)21-8-2-4-10-23(21)24/h1-4,7-10,19,24H,5-6,11-18H2,(H,29,34)(H,32,33). The van der Waals surface area contributed by atoms with E-state index in [1.54, 1.807) is 4.90 Å². The Labute approximate surface area is 205 Å². The van der Waals surface area contributed by atoms with Gasteiger partial charge in [-0.05, 0) is 66.7 Å². The molecule has 184 valence electrons. The molecule has 0 spiro atoms. The van der Waals surface area contributed by atoms with Gasteiger partial charge in [0.15, 0.2) is 0 Å². The molecule has 2 heterocycles. The highest BCUT2D eigenvalue weighted by Crippen LogP contribution is 2.45. The van der Waals surface area contributed by atoms with Crippen LogP contribution in [-0.2, 0) is 14.3 Å². The first kappa shape index (κ1) is 23.4. The minimum atomic E-state index is -1.01. The van der Waals surface area contributed by atoms with Crippen LogP contribution >= 0.6 is 0 Å². The van der Waals surface area contributed by atoms with Gasteiger partial charge in [0.2, 0.25) is 5.91 Å². The lowest BCUT2D eigenvalue weighted by molar-refractivity contribution is -0.170. The quantitative estimate of drug-likeness (QED) is 0.545. The zero-order chi connectivity index (χ0) is 24.4. The van der Waals surface area contributed by atoms with Crippen molar-refractivity contribution in [1.82, 2.24) is 10.2 Å². The summed E-state index contributed by atoms with van der Waals surface area (Å²) in [6, 6.07) is 16.4. The number of fused-ring (bicyclic) bond motifs is 6. The third kappa shape index (κ3) is 4.40. The predicted octanol–water partition coefficient (Wildman–Crippen LogP) is 4.55. The largest absolute Gasteiger partial charge is 0.479 e. The minimum absolute atomic E-state index is 0.0206. The number of carboxylic acids is 1. The van der Waals surface area contributed by atoms with Crippen LogP contribution in [0.4, 0.5) is 4.79 Å². The molecule has 0 radical (unpaired) electrons. The van der Waals surface area contributed by atoms with Gasteiger partial charge in [-0.25, -0.2) is 9.59 Å². The molecule has 2 amide bonds. The van der Waals surface area contributed by atoms with E-state index < -0.39 is 17.6 Å². The Morgan fingerprint density at radius 2 is 1.60 bits per heavy atom. The molecule has 7 nitrogen and oxygen atoms in total. The van der Waals surface area contributed by atoms with Crippen LogP contribution in [0.3, 0.4) is 0 Å². The number of ether oxygens (including phenoxy) is 1. The van der Waals surface area contributed by atoms with Gasteiger partial charge in [0, 0.05) is 25.4 Å². The maximum atomic E-state index is 12.8. The predicted molar refractivity (Wildman–Crippen MR) is 131 cm³/mol. The Kier molecular flexibility index (Phi) is 6.50. The number of rotatable bonds is 8. The third-order valence-corrected chi connectivity index (χ3v) is 8.02. The monoisotopic (exact) mass is 476 g/mol. The van der Waals surface area contributed by atoms with Gasteiger partial charge in [0.1, 0.15) is 12.1 Å². The first-order valence-corrected chi connectivity index (χ1v) is 12.6. The smallest absolute Gasteiger partial charge is 0.407 e. The Morgan fingerprint density at radius 1 is 0.971 bits per heavy atom. The van der Waals surface area contributed by atoms with E-state index in [2.05, 4.69) is 29.6 Å². The summed E-state index contributed by atoms with van der Waals surface area (Å²) in [5.41, 5.74) is 3.71. The summed E-state index contributed by atoms with van der Waals surface area (Å²) in [7, 11) is 0. The van der Waals surface area contributed by atoms with Crippen LogP contribution in [0.2, 0.25) is 0 Å². The van der Waals surface area contributed by atoms with Crippen molar-refractivity contribution in [2.45, 2.75) is 56.4 Å². The maximum Gasteiger partial charge on any atom is 0.407 e. The van der Waals surface area contributed by atoms with Crippen LogP contribution in [0, 0.1) is 5.92 Å². The molecular weight excluding hydrogens is 444 g/mol. The molecule has 2 aromatic carbocycles. The molecule has 3 fully saturated rings. The Morgan fingerprint density at radius 3 is 2.23 bits per heavy atom. The van der Waals surface area contributed by atoms with Gasteiger partial charge < -0.3 is 20.1 Å². The number of nitrogens with zero attached hydrogens (tertiary/aromatic N) is 1. The number of benzene rings is 2. The molecule has 7 heteroatoms. The van der Waals surface area contributed by atoms with E-state index in [0.29, 0.717) is 51.1 Å². The molecular formula is C28H32N2O5. The van der Waals surface area contributed by atoms with Crippen LogP contribution in [0.1, 0.15) is 62.0 Å². The van der Waals surface area contributed by atoms with E-state index >= 15 is 0 Å². The van der Waals surface area contributed by atoms with Crippen molar-refractivity contribution in [3.8, 4) is 11.1 Å². The Balaban J connectivity index is 1.06. The van der Waals surface area contributed by atoms with Crippen molar-refractivity contribution < 1.29 is 24.2 Å². The normalized spacial score (nSPS) is 22.4. The lowest BCUT2D eigenvalue weighted by Crippen LogP contribution is -2.64. The van der Waals surface area contributed by atoms with Crippen molar-refractivity contribution in [2.75, 3.05) is 19.7 Å². The lowest BCUT2D eigenvalue weighted by Gasteiger charge is -2.52. The van der Waals surface area contributed by atoms with Crippen LogP contribution in [-0.4, -0.2) is 53.2 Å². The number of amides is 2. The second-order valence-electron chi connectivity index (χ2n) is 9.99. The average molecular weight is 477 g/mol. The molecule has 35 heavy (non-hydrogen) atoms. The summed E-state index contributed by atoms with van der Waals surface area (Å²) in [6.45, 7) is 1.24. The van der Waals surface area contributed by atoms with Gasteiger partial charge in [-0.1, -0.05) is 48.5 Å². The van der Waals surface area contributed by atoms with Gasteiger partial charge in [-0.2, -0.15) is 0 Å². The van der Waals surface area contributed by atoms with Crippen LogP contribution in [0.5, 0.6) is 0 Å². The number of carboxylic acid groups (broad SMARTS) is 1. The number of nitrogens with one attached hydrogen (secondary N) is 1. The van der Waals surface area contributed by atoms with Crippen LogP contribution < -0.4 is 5.32 Å². The van der Waals surface area contributed by atoms with Crippen molar-refractivity contribution in [2.24, 2.45) is 5.92 Å². The highest BCUT2D eigenvalue weighted by molar-refractivity contribution is 5.87. The molecule has 0 unspecified atom stereocenters. The summed E-state index contributed by atoms with van der Waals surface area (Å²) in [5, 5.41) is 12.6. The summed E-state index contributed by atoms with van der Waals surface area (Å²) in [4.78, 5) is 38.6. The zero-order valence-electron chi connectivity index (χ0n) is 19.9. The van der Waals surface area contributed by atoms with Crippen molar-refractivity contribution >= 4 is 18.0 Å². The number of aliphatic carboxylic acids is 1. The molecule has 2 saturated heterocycles. The lowest BCUT2D eigenvalue weighted by atomic mass is 9.70. The topological polar surface area (TPSA) is 95.9 Å². The van der Waals surface area contributed by atoms with Crippen LogP contribution in [0.25, 0.3) is 11.1 Å². The Bertz CT molecular complexity index is 1080. The molecule has 6 rings (SSSR count). The molecule has 2 aliphatic carbocycles. The number of carbonyl (C=O) groups excluding carboxylic acids is 2. The fraction of sp³-hybridized carbons (Fsp3) is 0.464. The van der Waals surface area contributed by atoms with Gasteiger partial charge in [0.05, 0.1) is 0 Å². The number of piperidine rings is 2. The summed E-state index contributed by atoms with van der Waals surface area (Å²) < 4.78 is 5.55. The van der Waals surface area contributed by atoms with Gasteiger partial charge >= 0.3 is 12.1 Å². The second kappa shape index (κ2) is 9.72. The number of unbranched alkanes of at least 4 members (excludes halogenated alkanes) is 1.